The number of hydrogen-bond acceptors (Lipinski definition) is 5. The predicted molar refractivity (Wildman–Crippen MR) is 131 cm³/mol. The molecule has 7 heteroatoms. The van der Waals surface area contributed by atoms with Gasteiger partial charge in [-0.2, -0.15) is 5.26 Å². The number of anilines is 1. The molecule has 1 heterocycles. The molecule has 0 spiro atoms. The minimum Gasteiger partial charge on any atom is -0.354 e. The lowest BCUT2D eigenvalue weighted by Crippen LogP contribution is -2.24. The summed E-state index contributed by atoms with van der Waals surface area (Å²) >= 11 is 0. The van der Waals surface area contributed by atoms with Gasteiger partial charge in [0.15, 0.2) is 0 Å². The van der Waals surface area contributed by atoms with Crippen LogP contribution in [-0.4, -0.2) is 22.4 Å². The lowest BCUT2D eigenvalue weighted by atomic mass is 10.0. The molecule has 6 nitrogen and oxygen atoms in total. The second kappa shape index (κ2) is 10.8. The van der Waals surface area contributed by atoms with Crippen molar-refractivity contribution < 1.29 is 10.6 Å². The minimum absolute atomic E-state index is 0. The van der Waals surface area contributed by atoms with Crippen molar-refractivity contribution in [3.05, 3.63) is 113 Å². The van der Waals surface area contributed by atoms with Gasteiger partial charge in [0.1, 0.15) is 5.82 Å². The monoisotopic (exact) mass is 453 g/mol. The van der Waals surface area contributed by atoms with Crippen LogP contribution in [0.15, 0.2) is 85.1 Å². The van der Waals surface area contributed by atoms with Crippen LogP contribution in [0.4, 0.5) is 10.3 Å². The lowest BCUT2D eigenvalue weighted by Gasteiger charge is -2.12. The molecule has 0 aliphatic rings. The Labute approximate surface area is 198 Å². The van der Waals surface area contributed by atoms with E-state index in [-0.39, 0.29) is 13.2 Å². The maximum Gasteiger partial charge on any atom is 0.255 e. The van der Waals surface area contributed by atoms with Crippen LogP contribution in [0.2, 0.25) is 0 Å². The molecule has 2 N–H and O–H groups in total. The molecule has 0 unspecified atom stereocenters. The first-order valence-electron chi connectivity index (χ1n) is 10.8. The molecule has 1 aromatic heterocycles. The molecule has 0 saturated carbocycles. The first-order chi connectivity index (χ1) is 16.6. The van der Waals surface area contributed by atoms with Crippen LogP contribution >= 0.6 is 0 Å². The van der Waals surface area contributed by atoms with Crippen molar-refractivity contribution >= 4 is 11.9 Å². The van der Waals surface area contributed by atoms with Crippen LogP contribution in [-0.2, 0) is 13.0 Å². The van der Waals surface area contributed by atoms with Gasteiger partial charge in [0.05, 0.1) is 22.9 Å². The Morgan fingerprint density at radius 2 is 1.76 bits per heavy atom. The van der Waals surface area contributed by atoms with E-state index in [0.29, 0.717) is 47.8 Å². The molecule has 3 aromatic carbocycles. The van der Waals surface area contributed by atoms with Crippen LogP contribution in [0.25, 0.3) is 11.3 Å². The van der Waals surface area contributed by atoms with E-state index >= 15 is 0 Å². The summed E-state index contributed by atoms with van der Waals surface area (Å²) in [6, 6.07) is 25.0. The number of halogens is 1. The zero-order chi connectivity index (χ0) is 23.8. The minimum atomic E-state index is -0.297. The molecule has 0 bridgehead atoms. The summed E-state index contributed by atoms with van der Waals surface area (Å²) in [5, 5.41) is 15.1. The van der Waals surface area contributed by atoms with E-state index in [4.69, 9.17) is 5.26 Å². The third kappa shape index (κ3) is 5.81. The standard InChI is InChI=1S/C27H22FN5O.H2/c28-23-8-4-7-19(15-23)13-14-30-27-32-18-24(26(34)31-17-21-5-2-1-3-6-21)25(33-27)22-11-9-20(16-29)10-12-22;/h1-12,15,18H,13-14,17H2,(H,31,34)(H,30,32,33);1H. The highest BCUT2D eigenvalue weighted by Crippen LogP contribution is 2.23. The Morgan fingerprint density at radius 3 is 2.50 bits per heavy atom. The maximum absolute atomic E-state index is 13.4. The summed E-state index contributed by atoms with van der Waals surface area (Å²) in [6.45, 7) is 0.871. The average molecular weight is 454 g/mol. The Balaban J connectivity index is 0.00000342. The molecular formula is C27H24FN5O. The molecule has 170 valence electrons. The van der Waals surface area contributed by atoms with Gasteiger partial charge in [0, 0.05) is 26.3 Å². The smallest absolute Gasteiger partial charge is 0.255 e. The van der Waals surface area contributed by atoms with E-state index in [1.165, 1.54) is 18.3 Å². The van der Waals surface area contributed by atoms with Crippen molar-refractivity contribution in [1.82, 2.24) is 15.3 Å². The number of nitrogens with one attached hydrogen (secondary N) is 2. The number of amides is 1. The fourth-order valence-corrected chi connectivity index (χ4v) is 3.44. The first kappa shape index (κ1) is 22.6. The van der Waals surface area contributed by atoms with Gasteiger partial charge in [0.25, 0.3) is 5.91 Å². The number of nitriles is 1. The topological polar surface area (TPSA) is 90.7 Å². The van der Waals surface area contributed by atoms with E-state index in [1.54, 1.807) is 30.3 Å². The zero-order valence-corrected chi connectivity index (χ0v) is 18.3. The van der Waals surface area contributed by atoms with Crippen molar-refractivity contribution in [3.63, 3.8) is 0 Å². The molecule has 0 atom stereocenters. The summed E-state index contributed by atoms with van der Waals surface area (Å²) in [4.78, 5) is 21.9. The van der Waals surface area contributed by atoms with E-state index in [0.717, 1.165) is 11.1 Å². The SMILES string of the molecule is N#Cc1ccc(-c2nc(NCCc3cccc(F)c3)ncc2C(=O)NCc2ccccc2)cc1.[HH]. The van der Waals surface area contributed by atoms with Crippen molar-refractivity contribution in [3.8, 4) is 17.3 Å². The molecule has 1 amide bonds. The Morgan fingerprint density at radius 1 is 1.00 bits per heavy atom. The van der Waals surface area contributed by atoms with Crippen LogP contribution in [0.5, 0.6) is 0 Å². The van der Waals surface area contributed by atoms with Gasteiger partial charge < -0.3 is 10.6 Å². The molecule has 0 fully saturated rings. The quantitative estimate of drug-likeness (QED) is 0.392. The summed E-state index contributed by atoms with van der Waals surface area (Å²) in [5.41, 5.74) is 3.83. The fraction of sp³-hybridized carbons (Fsp3) is 0.111. The lowest BCUT2D eigenvalue weighted by molar-refractivity contribution is 0.0951. The average Bonchev–Trinajstić information content (AvgIpc) is 2.88. The normalized spacial score (nSPS) is 10.4. The number of carbonyl (C=O) groups excluding carboxylic acids is 1. The highest BCUT2D eigenvalue weighted by atomic mass is 19.1. The Kier molecular flexibility index (Phi) is 7.21. The number of aromatic nitrogens is 2. The highest BCUT2D eigenvalue weighted by molar-refractivity contribution is 5.99. The Bertz CT molecular complexity index is 1320. The summed E-state index contributed by atoms with van der Waals surface area (Å²) < 4.78 is 13.4. The molecule has 34 heavy (non-hydrogen) atoms. The second-order valence-corrected chi connectivity index (χ2v) is 7.62. The van der Waals surface area contributed by atoms with Crippen LogP contribution in [0.1, 0.15) is 28.5 Å². The third-order valence-corrected chi connectivity index (χ3v) is 5.20. The molecule has 0 aliphatic carbocycles. The van der Waals surface area contributed by atoms with E-state index in [2.05, 4.69) is 26.7 Å². The number of hydrogen-bond donors (Lipinski definition) is 2. The van der Waals surface area contributed by atoms with Crippen LogP contribution in [0.3, 0.4) is 0 Å². The van der Waals surface area contributed by atoms with Gasteiger partial charge in [-0.3, -0.25) is 4.79 Å². The summed E-state index contributed by atoms with van der Waals surface area (Å²) in [6.07, 6.45) is 2.08. The molecule has 4 rings (SSSR count). The number of rotatable bonds is 8. The van der Waals surface area contributed by atoms with Crippen molar-refractivity contribution in [2.45, 2.75) is 13.0 Å². The molecule has 0 radical (unpaired) electrons. The van der Waals surface area contributed by atoms with E-state index in [1.807, 2.05) is 36.4 Å². The summed E-state index contributed by atoms with van der Waals surface area (Å²) in [7, 11) is 0. The number of benzene rings is 3. The van der Waals surface area contributed by atoms with Crippen LogP contribution < -0.4 is 10.6 Å². The van der Waals surface area contributed by atoms with Crippen molar-refractivity contribution in [1.29, 1.82) is 5.26 Å². The molecule has 0 aliphatic heterocycles. The van der Waals surface area contributed by atoms with Gasteiger partial charge in [-0.05, 0) is 41.8 Å². The Hall–Kier alpha value is -4.57. The highest BCUT2D eigenvalue weighted by Gasteiger charge is 2.16. The van der Waals surface area contributed by atoms with E-state index < -0.39 is 0 Å². The zero-order valence-electron chi connectivity index (χ0n) is 18.3. The predicted octanol–water partition coefficient (Wildman–Crippen LogP) is 4.98. The first-order valence-corrected chi connectivity index (χ1v) is 10.8. The van der Waals surface area contributed by atoms with Gasteiger partial charge in [-0.15, -0.1) is 0 Å². The number of carbonyl (C=O) groups is 1. The molecular weight excluding hydrogens is 429 g/mol. The van der Waals surface area contributed by atoms with Crippen molar-refractivity contribution in [2.24, 2.45) is 0 Å². The summed E-state index contributed by atoms with van der Waals surface area (Å²) in [5.74, 6) is -0.215. The van der Waals surface area contributed by atoms with Gasteiger partial charge >= 0.3 is 0 Å². The van der Waals surface area contributed by atoms with Crippen LogP contribution in [0, 0.1) is 17.1 Å². The maximum atomic E-state index is 13.4. The van der Waals surface area contributed by atoms with Crippen molar-refractivity contribution in [2.75, 3.05) is 11.9 Å². The second-order valence-electron chi connectivity index (χ2n) is 7.62. The van der Waals surface area contributed by atoms with Gasteiger partial charge in [-0.25, -0.2) is 14.4 Å². The van der Waals surface area contributed by atoms with Gasteiger partial charge in [0.2, 0.25) is 5.95 Å². The van der Waals surface area contributed by atoms with Gasteiger partial charge in [-0.1, -0.05) is 54.6 Å². The van der Waals surface area contributed by atoms with E-state index in [9.17, 15) is 9.18 Å². The number of nitrogens with zero attached hydrogens (tertiary/aromatic N) is 3. The molecule has 0 saturated heterocycles. The fourth-order valence-electron chi connectivity index (χ4n) is 3.44. The molecule has 4 aromatic rings. The third-order valence-electron chi connectivity index (χ3n) is 5.20. The largest absolute Gasteiger partial charge is 0.354 e.